The number of carbonyl (C=O) groups is 2. The average molecular weight is 240 g/mol. The number of esters is 1. The molecule has 1 N–H and O–H groups in total. The Bertz CT molecular complexity index is 423. The molecule has 0 aromatic carbocycles. The molecule has 0 spiro atoms. The van der Waals surface area contributed by atoms with Crippen LogP contribution in [0.25, 0.3) is 0 Å². The molecule has 1 aromatic rings. The number of hydrogen-bond donors (Lipinski definition) is 1. The molecule has 6 heteroatoms. The van der Waals surface area contributed by atoms with Gasteiger partial charge in [-0.3, -0.25) is 4.68 Å². The van der Waals surface area contributed by atoms with E-state index < -0.39 is 11.9 Å². The number of rotatable bonds is 5. The quantitative estimate of drug-likeness (QED) is 0.787. The van der Waals surface area contributed by atoms with Gasteiger partial charge < -0.3 is 9.84 Å². The molecule has 0 aliphatic heterocycles. The monoisotopic (exact) mass is 240 g/mol. The Labute approximate surface area is 99.2 Å². The van der Waals surface area contributed by atoms with Gasteiger partial charge in [-0.2, -0.15) is 5.10 Å². The predicted molar refractivity (Wildman–Crippen MR) is 60.0 cm³/mol. The molecule has 0 radical (unpaired) electrons. The topological polar surface area (TPSA) is 81.4 Å². The lowest BCUT2D eigenvalue weighted by Gasteiger charge is -2.09. The highest BCUT2D eigenvalue weighted by molar-refractivity contribution is 6.01. The molecule has 0 saturated carbocycles. The summed E-state index contributed by atoms with van der Waals surface area (Å²) in [6.07, 6.45) is 1.18. The number of carbonyl (C=O) groups excluding carboxylic acids is 1. The fourth-order valence-electron chi connectivity index (χ4n) is 1.44. The van der Waals surface area contributed by atoms with Crippen molar-refractivity contribution in [3.63, 3.8) is 0 Å². The predicted octanol–water partition coefficient (Wildman–Crippen LogP) is 1.41. The van der Waals surface area contributed by atoms with E-state index in [1.54, 1.807) is 6.92 Å². The molecule has 0 saturated heterocycles. The SMILES string of the molecule is CCOC(=O)c1c(C(=O)O)cnn1CC(C)C. The van der Waals surface area contributed by atoms with Crippen LogP contribution in [0.3, 0.4) is 0 Å². The van der Waals surface area contributed by atoms with E-state index in [2.05, 4.69) is 5.10 Å². The van der Waals surface area contributed by atoms with Gasteiger partial charge >= 0.3 is 11.9 Å². The summed E-state index contributed by atoms with van der Waals surface area (Å²) in [5.74, 6) is -1.57. The van der Waals surface area contributed by atoms with Crippen LogP contribution in [0.4, 0.5) is 0 Å². The highest BCUT2D eigenvalue weighted by Gasteiger charge is 2.24. The molecule has 0 unspecified atom stereocenters. The zero-order valence-corrected chi connectivity index (χ0v) is 10.1. The first kappa shape index (κ1) is 13.2. The van der Waals surface area contributed by atoms with E-state index in [9.17, 15) is 9.59 Å². The van der Waals surface area contributed by atoms with Crippen molar-refractivity contribution in [2.75, 3.05) is 6.61 Å². The van der Waals surface area contributed by atoms with Crippen LogP contribution >= 0.6 is 0 Å². The first-order valence-electron chi connectivity index (χ1n) is 5.43. The molecule has 1 heterocycles. The summed E-state index contributed by atoms with van der Waals surface area (Å²) >= 11 is 0. The van der Waals surface area contributed by atoms with Crippen LogP contribution in [0.15, 0.2) is 6.20 Å². The third kappa shape index (κ3) is 3.05. The molecule has 6 nitrogen and oxygen atoms in total. The van der Waals surface area contributed by atoms with Gasteiger partial charge in [-0.15, -0.1) is 0 Å². The van der Waals surface area contributed by atoms with E-state index in [4.69, 9.17) is 9.84 Å². The first-order valence-corrected chi connectivity index (χ1v) is 5.43. The van der Waals surface area contributed by atoms with E-state index in [0.717, 1.165) is 0 Å². The Morgan fingerprint density at radius 1 is 1.53 bits per heavy atom. The molecule has 0 atom stereocenters. The minimum absolute atomic E-state index is 0.00745. The number of hydrogen-bond acceptors (Lipinski definition) is 4. The largest absolute Gasteiger partial charge is 0.478 e. The minimum atomic E-state index is -1.18. The molecule has 17 heavy (non-hydrogen) atoms. The van der Waals surface area contributed by atoms with Crippen molar-refractivity contribution in [3.8, 4) is 0 Å². The second-order valence-electron chi connectivity index (χ2n) is 4.01. The molecule has 0 amide bonds. The van der Waals surface area contributed by atoms with Crippen molar-refractivity contribution in [1.82, 2.24) is 9.78 Å². The molecule has 94 valence electrons. The number of nitrogens with zero attached hydrogens (tertiary/aromatic N) is 2. The summed E-state index contributed by atoms with van der Waals surface area (Å²) < 4.78 is 6.22. The first-order chi connectivity index (χ1) is 7.97. The zero-order chi connectivity index (χ0) is 13.0. The van der Waals surface area contributed by atoms with Crippen molar-refractivity contribution < 1.29 is 19.4 Å². The summed E-state index contributed by atoms with van der Waals surface area (Å²) in [5.41, 5.74) is -0.114. The average Bonchev–Trinajstić information content (AvgIpc) is 2.60. The summed E-state index contributed by atoms with van der Waals surface area (Å²) in [5, 5.41) is 12.9. The Morgan fingerprint density at radius 3 is 2.65 bits per heavy atom. The Morgan fingerprint density at radius 2 is 2.18 bits per heavy atom. The molecule has 1 rings (SSSR count). The van der Waals surface area contributed by atoms with Gasteiger partial charge in [0.1, 0.15) is 5.56 Å². The summed E-state index contributed by atoms with van der Waals surface area (Å²) in [6.45, 7) is 6.25. The summed E-state index contributed by atoms with van der Waals surface area (Å²) in [4.78, 5) is 22.7. The van der Waals surface area contributed by atoms with Gasteiger partial charge in [-0.25, -0.2) is 9.59 Å². The lowest BCUT2D eigenvalue weighted by Crippen LogP contribution is -2.18. The van der Waals surface area contributed by atoms with Crippen molar-refractivity contribution in [1.29, 1.82) is 0 Å². The van der Waals surface area contributed by atoms with Crippen LogP contribution < -0.4 is 0 Å². The zero-order valence-electron chi connectivity index (χ0n) is 10.1. The highest BCUT2D eigenvalue weighted by Crippen LogP contribution is 2.12. The second kappa shape index (κ2) is 5.47. The summed E-state index contributed by atoms with van der Waals surface area (Å²) in [7, 11) is 0. The third-order valence-electron chi connectivity index (χ3n) is 2.08. The van der Waals surface area contributed by atoms with Gasteiger partial charge in [0.2, 0.25) is 0 Å². The van der Waals surface area contributed by atoms with Gasteiger partial charge in [0.25, 0.3) is 0 Å². The second-order valence-corrected chi connectivity index (χ2v) is 4.01. The molecule has 0 bridgehead atoms. The van der Waals surface area contributed by atoms with Crippen molar-refractivity contribution in [2.45, 2.75) is 27.3 Å². The fourth-order valence-corrected chi connectivity index (χ4v) is 1.44. The van der Waals surface area contributed by atoms with Crippen LogP contribution in [0.1, 0.15) is 41.6 Å². The normalized spacial score (nSPS) is 10.6. The Hall–Kier alpha value is -1.85. The number of aromatic nitrogens is 2. The van der Waals surface area contributed by atoms with Gasteiger partial charge in [-0.1, -0.05) is 13.8 Å². The molecular formula is C11H16N2O4. The van der Waals surface area contributed by atoms with E-state index in [0.29, 0.717) is 6.54 Å². The van der Waals surface area contributed by atoms with E-state index in [1.807, 2.05) is 13.8 Å². The molecule has 1 aromatic heterocycles. The highest BCUT2D eigenvalue weighted by atomic mass is 16.5. The summed E-state index contributed by atoms with van der Waals surface area (Å²) in [6, 6.07) is 0. The van der Waals surface area contributed by atoms with E-state index in [-0.39, 0.29) is 23.8 Å². The van der Waals surface area contributed by atoms with Gasteiger partial charge in [-0.05, 0) is 12.8 Å². The molecule has 0 aliphatic rings. The standard InChI is InChI=1S/C11H16N2O4/c1-4-17-11(16)9-8(10(14)15)5-12-13(9)6-7(2)3/h5,7H,4,6H2,1-3H3,(H,14,15). The lowest BCUT2D eigenvalue weighted by atomic mass is 10.2. The number of aromatic carboxylic acids is 1. The van der Waals surface area contributed by atoms with Crippen LogP contribution in [0, 0.1) is 5.92 Å². The number of carboxylic acids is 1. The maximum atomic E-state index is 11.7. The van der Waals surface area contributed by atoms with Crippen molar-refractivity contribution >= 4 is 11.9 Å². The maximum Gasteiger partial charge on any atom is 0.357 e. The number of carboxylic acid groups (broad SMARTS) is 1. The third-order valence-corrected chi connectivity index (χ3v) is 2.08. The molecule has 0 aliphatic carbocycles. The maximum absolute atomic E-state index is 11.7. The van der Waals surface area contributed by atoms with Crippen molar-refractivity contribution in [2.24, 2.45) is 5.92 Å². The Balaban J connectivity index is 3.14. The fraction of sp³-hybridized carbons (Fsp3) is 0.545. The smallest absolute Gasteiger partial charge is 0.357 e. The molecule has 0 fully saturated rings. The van der Waals surface area contributed by atoms with Crippen LogP contribution in [0.5, 0.6) is 0 Å². The van der Waals surface area contributed by atoms with Crippen molar-refractivity contribution in [3.05, 3.63) is 17.5 Å². The minimum Gasteiger partial charge on any atom is -0.478 e. The molecular weight excluding hydrogens is 224 g/mol. The number of ether oxygens (including phenoxy) is 1. The van der Waals surface area contributed by atoms with Crippen LogP contribution in [-0.2, 0) is 11.3 Å². The lowest BCUT2D eigenvalue weighted by molar-refractivity contribution is 0.0499. The van der Waals surface area contributed by atoms with Crippen LogP contribution in [-0.4, -0.2) is 33.4 Å². The van der Waals surface area contributed by atoms with Gasteiger partial charge in [0.05, 0.1) is 12.8 Å². The van der Waals surface area contributed by atoms with E-state index >= 15 is 0 Å². The van der Waals surface area contributed by atoms with Gasteiger partial charge in [0.15, 0.2) is 5.69 Å². The Kier molecular flexibility index (Phi) is 4.25. The van der Waals surface area contributed by atoms with Gasteiger partial charge in [0, 0.05) is 6.54 Å². The van der Waals surface area contributed by atoms with E-state index in [1.165, 1.54) is 10.9 Å². The van der Waals surface area contributed by atoms with Crippen LogP contribution in [0.2, 0.25) is 0 Å².